The van der Waals surface area contributed by atoms with Gasteiger partial charge in [-0.2, -0.15) is 0 Å². The van der Waals surface area contributed by atoms with E-state index in [1.807, 2.05) is 13.8 Å². The van der Waals surface area contributed by atoms with Crippen molar-refractivity contribution in [3.63, 3.8) is 0 Å². The zero-order valence-electron chi connectivity index (χ0n) is 12.3. The molecule has 0 fully saturated rings. The molecule has 1 unspecified atom stereocenters. The number of halogens is 1. The molecule has 0 aliphatic rings. The number of amides is 1. The van der Waals surface area contributed by atoms with Crippen LogP contribution in [0.4, 0.5) is 4.39 Å². The summed E-state index contributed by atoms with van der Waals surface area (Å²) in [6, 6.07) is 4.74. The number of hydrogen-bond donors (Lipinski definition) is 2. The molecule has 2 atom stereocenters. The number of carboxylic acids is 1. The molecule has 0 aliphatic carbocycles. The van der Waals surface area contributed by atoms with Gasteiger partial charge in [-0.25, -0.2) is 9.18 Å². The maximum atomic E-state index is 13.4. The highest BCUT2D eigenvalue weighted by Crippen LogP contribution is 2.17. The first-order valence-electron chi connectivity index (χ1n) is 6.75. The van der Waals surface area contributed by atoms with E-state index in [4.69, 9.17) is 9.84 Å². The Morgan fingerprint density at radius 2 is 1.90 bits per heavy atom. The summed E-state index contributed by atoms with van der Waals surface area (Å²) in [4.78, 5) is 23.0. The Morgan fingerprint density at radius 3 is 2.43 bits per heavy atom. The van der Waals surface area contributed by atoms with E-state index in [-0.39, 0.29) is 11.7 Å². The molecule has 1 amide bonds. The zero-order chi connectivity index (χ0) is 16.0. The fourth-order valence-corrected chi connectivity index (χ4v) is 1.77. The van der Waals surface area contributed by atoms with Gasteiger partial charge in [0.15, 0.2) is 17.7 Å². The van der Waals surface area contributed by atoms with Crippen LogP contribution in [0, 0.1) is 11.7 Å². The zero-order valence-corrected chi connectivity index (χ0v) is 12.3. The van der Waals surface area contributed by atoms with Crippen LogP contribution in [0.1, 0.15) is 27.2 Å². The maximum absolute atomic E-state index is 13.4. The number of benzene rings is 1. The van der Waals surface area contributed by atoms with E-state index in [9.17, 15) is 14.0 Å². The Morgan fingerprint density at radius 1 is 1.29 bits per heavy atom. The molecule has 1 rings (SSSR count). The van der Waals surface area contributed by atoms with Crippen molar-refractivity contribution in [2.45, 2.75) is 39.3 Å². The predicted molar refractivity (Wildman–Crippen MR) is 75.5 cm³/mol. The van der Waals surface area contributed by atoms with Gasteiger partial charge in [-0.3, -0.25) is 4.79 Å². The van der Waals surface area contributed by atoms with Crippen LogP contribution in [0.2, 0.25) is 0 Å². The molecule has 6 heteroatoms. The molecule has 0 bridgehead atoms. The SMILES string of the molecule is CC(C)C[C@H](NC(=O)C(C)Oc1ccccc1F)C(=O)O. The largest absolute Gasteiger partial charge is 0.480 e. The average Bonchev–Trinajstić information content (AvgIpc) is 2.39. The number of carbonyl (C=O) groups is 2. The average molecular weight is 297 g/mol. The van der Waals surface area contributed by atoms with E-state index in [1.165, 1.54) is 25.1 Å². The number of nitrogens with one attached hydrogen (secondary N) is 1. The third kappa shape index (κ3) is 5.41. The van der Waals surface area contributed by atoms with Gasteiger partial charge in [0, 0.05) is 0 Å². The second-order valence-electron chi connectivity index (χ2n) is 5.22. The van der Waals surface area contributed by atoms with Crippen molar-refractivity contribution in [3.8, 4) is 5.75 Å². The maximum Gasteiger partial charge on any atom is 0.326 e. The molecule has 116 valence electrons. The summed E-state index contributed by atoms with van der Waals surface area (Å²) < 4.78 is 18.6. The molecule has 1 aromatic carbocycles. The molecule has 0 saturated heterocycles. The normalized spacial score (nSPS) is 13.6. The number of carboxylic acid groups (broad SMARTS) is 1. The number of hydrogen-bond acceptors (Lipinski definition) is 3. The van der Waals surface area contributed by atoms with Gasteiger partial charge in [-0.1, -0.05) is 26.0 Å². The molecule has 1 aromatic rings. The van der Waals surface area contributed by atoms with Gasteiger partial charge in [-0.05, 0) is 31.4 Å². The van der Waals surface area contributed by atoms with Crippen molar-refractivity contribution in [2.24, 2.45) is 5.92 Å². The Balaban J connectivity index is 2.65. The third-order valence-electron chi connectivity index (χ3n) is 2.83. The fraction of sp³-hybridized carbons (Fsp3) is 0.467. The lowest BCUT2D eigenvalue weighted by atomic mass is 10.0. The number of aliphatic carboxylic acids is 1. The van der Waals surface area contributed by atoms with E-state index >= 15 is 0 Å². The van der Waals surface area contributed by atoms with Crippen LogP contribution in [-0.2, 0) is 9.59 Å². The third-order valence-corrected chi connectivity index (χ3v) is 2.83. The molecule has 0 saturated carbocycles. The molecule has 21 heavy (non-hydrogen) atoms. The molecule has 0 radical (unpaired) electrons. The summed E-state index contributed by atoms with van der Waals surface area (Å²) >= 11 is 0. The van der Waals surface area contributed by atoms with Gasteiger partial charge >= 0.3 is 5.97 Å². The van der Waals surface area contributed by atoms with Crippen LogP contribution in [-0.4, -0.2) is 29.1 Å². The van der Waals surface area contributed by atoms with Crippen LogP contribution in [0.25, 0.3) is 0 Å². The first-order valence-corrected chi connectivity index (χ1v) is 6.75. The summed E-state index contributed by atoms with van der Waals surface area (Å²) in [5.74, 6) is -2.19. The highest BCUT2D eigenvalue weighted by molar-refractivity contribution is 5.86. The fourth-order valence-electron chi connectivity index (χ4n) is 1.77. The van der Waals surface area contributed by atoms with Gasteiger partial charge < -0.3 is 15.2 Å². The highest BCUT2D eigenvalue weighted by atomic mass is 19.1. The van der Waals surface area contributed by atoms with Crippen molar-refractivity contribution in [1.29, 1.82) is 0 Å². The molecule has 0 heterocycles. The van der Waals surface area contributed by atoms with Crippen LogP contribution >= 0.6 is 0 Å². The first-order chi connectivity index (χ1) is 9.81. The van der Waals surface area contributed by atoms with E-state index < -0.39 is 29.8 Å². The number of rotatable bonds is 7. The molecule has 2 N–H and O–H groups in total. The Bertz CT molecular complexity index is 504. The minimum Gasteiger partial charge on any atom is -0.480 e. The standard InChI is InChI=1S/C15H20FNO4/c1-9(2)8-12(15(19)20)17-14(18)10(3)21-13-7-5-4-6-11(13)16/h4-7,9-10,12H,8H2,1-3H3,(H,17,18)(H,19,20)/t10?,12-/m0/s1. The molecule has 5 nitrogen and oxygen atoms in total. The van der Waals surface area contributed by atoms with Gasteiger partial charge in [0.05, 0.1) is 0 Å². The summed E-state index contributed by atoms with van der Waals surface area (Å²) in [6.45, 7) is 5.17. The second kappa shape index (κ2) is 7.61. The lowest BCUT2D eigenvalue weighted by molar-refractivity contribution is -0.143. The Hall–Kier alpha value is -2.11. The van der Waals surface area contributed by atoms with Crippen LogP contribution in [0.5, 0.6) is 5.75 Å². The van der Waals surface area contributed by atoms with Gasteiger partial charge in [0.2, 0.25) is 0 Å². The lowest BCUT2D eigenvalue weighted by Gasteiger charge is -2.20. The molecule has 0 spiro atoms. The summed E-state index contributed by atoms with van der Waals surface area (Å²) in [5, 5.41) is 11.5. The van der Waals surface area contributed by atoms with Gasteiger partial charge in [0.1, 0.15) is 6.04 Å². The summed E-state index contributed by atoms with van der Waals surface area (Å²) in [7, 11) is 0. The van der Waals surface area contributed by atoms with Crippen LogP contribution < -0.4 is 10.1 Å². The highest BCUT2D eigenvalue weighted by Gasteiger charge is 2.25. The summed E-state index contributed by atoms with van der Waals surface area (Å²) in [5.41, 5.74) is 0. The van der Waals surface area contributed by atoms with Crippen molar-refractivity contribution in [3.05, 3.63) is 30.1 Å². The Labute approximate surface area is 123 Å². The topological polar surface area (TPSA) is 75.6 Å². The number of para-hydroxylation sites is 1. The van der Waals surface area contributed by atoms with Crippen LogP contribution in [0.3, 0.4) is 0 Å². The smallest absolute Gasteiger partial charge is 0.326 e. The number of carbonyl (C=O) groups excluding carboxylic acids is 1. The van der Waals surface area contributed by atoms with E-state index in [0.29, 0.717) is 6.42 Å². The van der Waals surface area contributed by atoms with Crippen molar-refractivity contribution in [1.82, 2.24) is 5.32 Å². The molecule has 0 aliphatic heterocycles. The summed E-state index contributed by atoms with van der Waals surface area (Å²) in [6.07, 6.45) is -0.677. The van der Waals surface area contributed by atoms with Crippen LogP contribution in [0.15, 0.2) is 24.3 Å². The Kier molecular flexibility index (Phi) is 6.14. The quantitative estimate of drug-likeness (QED) is 0.809. The minimum absolute atomic E-state index is 0.0455. The molecule has 0 aromatic heterocycles. The van der Waals surface area contributed by atoms with E-state index in [2.05, 4.69) is 5.32 Å². The van der Waals surface area contributed by atoms with Crippen molar-refractivity contribution in [2.75, 3.05) is 0 Å². The second-order valence-corrected chi connectivity index (χ2v) is 5.22. The minimum atomic E-state index is -1.10. The van der Waals surface area contributed by atoms with E-state index in [0.717, 1.165) is 0 Å². The first kappa shape index (κ1) is 16.9. The number of ether oxygens (including phenoxy) is 1. The van der Waals surface area contributed by atoms with Crippen molar-refractivity contribution >= 4 is 11.9 Å². The van der Waals surface area contributed by atoms with E-state index in [1.54, 1.807) is 6.07 Å². The van der Waals surface area contributed by atoms with Gasteiger partial charge in [-0.15, -0.1) is 0 Å². The predicted octanol–water partition coefficient (Wildman–Crippen LogP) is 2.21. The lowest BCUT2D eigenvalue weighted by Crippen LogP contribution is -2.46. The molecular formula is C15H20FNO4. The van der Waals surface area contributed by atoms with Crippen molar-refractivity contribution < 1.29 is 23.8 Å². The molecular weight excluding hydrogens is 277 g/mol. The van der Waals surface area contributed by atoms with Gasteiger partial charge in [0.25, 0.3) is 5.91 Å². The monoisotopic (exact) mass is 297 g/mol.